The highest BCUT2D eigenvalue weighted by molar-refractivity contribution is 7.15. The minimum atomic E-state index is -0.304. The molecule has 5 nitrogen and oxygen atoms in total. The fourth-order valence-corrected chi connectivity index (χ4v) is 4.83. The van der Waals surface area contributed by atoms with Crippen LogP contribution in [0.25, 0.3) is 22.4 Å². The molecule has 2 heterocycles. The smallest absolute Gasteiger partial charge is 0.246 e. The zero-order chi connectivity index (χ0) is 19.8. The molecule has 4 aromatic rings. The summed E-state index contributed by atoms with van der Waals surface area (Å²) in [5.41, 5.74) is 3.54. The van der Waals surface area contributed by atoms with Gasteiger partial charge in [-0.25, -0.2) is 14.4 Å². The fourth-order valence-electron chi connectivity index (χ4n) is 3.76. The van der Waals surface area contributed by atoms with E-state index < -0.39 is 0 Å². The molecule has 0 aliphatic heterocycles. The number of hydrogen-bond acceptors (Lipinski definition) is 4. The highest BCUT2D eigenvalue weighted by Crippen LogP contribution is 2.30. The van der Waals surface area contributed by atoms with Gasteiger partial charge in [-0.3, -0.25) is 4.79 Å². The number of para-hydroxylation sites is 2. The Hall–Kier alpha value is -3.06. The Labute approximate surface area is 171 Å². The maximum atomic E-state index is 13.4. The highest BCUT2D eigenvalue weighted by Gasteiger charge is 2.18. The number of nitrogens with zero attached hydrogens (tertiary/aromatic N) is 3. The second-order valence-corrected chi connectivity index (χ2v) is 8.24. The van der Waals surface area contributed by atoms with E-state index in [4.69, 9.17) is 0 Å². The minimum Gasteiger partial charge on any atom is -0.314 e. The quantitative estimate of drug-likeness (QED) is 0.529. The fraction of sp³-hybridized carbons (Fsp3) is 0.227. The van der Waals surface area contributed by atoms with Gasteiger partial charge in [0.25, 0.3) is 0 Å². The summed E-state index contributed by atoms with van der Waals surface area (Å²) in [5, 5.41) is 3.61. The van der Waals surface area contributed by atoms with Crippen LogP contribution in [0.1, 0.15) is 23.4 Å². The summed E-state index contributed by atoms with van der Waals surface area (Å²) in [5.74, 6) is 0.185. The lowest BCUT2D eigenvalue weighted by Gasteiger charge is -2.09. The zero-order valence-corrected chi connectivity index (χ0v) is 16.5. The van der Waals surface area contributed by atoms with E-state index in [1.54, 1.807) is 23.5 Å². The summed E-state index contributed by atoms with van der Waals surface area (Å²) in [6.07, 6.45) is 4.38. The molecule has 146 valence electrons. The molecule has 1 N–H and O–H groups in total. The van der Waals surface area contributed by atoms with Crippen LogP contribution in [0.4, 0.5) is 9.52 Å². The number of benzene rings is 2. The third kappa shape index (κ3) is 3.53. The summed E-state index contributed by atoms with van der Waals surface area (Å²) in [4.78, 5) is 23.4. The van der Waals surface area contributed by atoms with E-state index in [-0.39, 0.29) is 18.3 Å². The van der Waals surface area contributed by atoms with Crippen molar-refractivity contribution in [1.82, 2.24) is 14.5 Å². The Bertz CT molecular complexity index is 1170. The van der Waals surface area contributed by atoms with Crippen molar-refractivity contribution >= 4 is 33.4 Å². The van der Waals surface area contributed by atoms with Crippen molar-refractivity contribution < 1.29 is 9.18 Å². The van der Waals surface area contributed by atoms with Crippen LogP contribution >= 0.6 is 11.3 Å². The maximum absolute atomic E-state index is 13.4. The third-order valence-electron chi connectivity index (χ3n) is 5.15. The lowest BCUT2D eigenvalue weighted by Crippen LogP contribution is -2.19. The van der Waals surface area contributed by atoms with E-state index in [0.717, 1.165) is 41.6 Å². The largest absolute Gasteiger partial charge is 0.314 e. The Morgan fingerprint density at radius 3 is 2.69 bits per heavy atom. The van der Waals surface area contributed by atoms with E-state index in [1.807, 2.05) is 28.8 Å². The maximum Gasteiger partial charge on any atom is 0.246 e. The second kappa shape index (κ2) is 7.40. The number of fused-ring (bicyclic) bond motifs is 2. The van der Waals surface area contributed by atoms with Gasteiger partial charge in [-0.2, -0.15) is 0 Å². The van der Waals surface area contributed by atoms with Crippen molar-refractivity contribution in [2.24, 2.45) is 0 Å². The van der Waals surface area contributed by atoms with Gasteiger partial charge < -0.3 is 9.88 Å². The molecule has 5 rings (SSSR count). The van der Waals surface area contributed by atoms with Gasteiger partial charge >= 0.3 is 0 Å². The first kappa shape index (κ1) is 18.0. The van der Waals surface area contributed by atoms with E-state index in [2.05, 4.69) is 15.3 Å². The molecule has 29 heavy (non-hydrogen) atoms. The first-order valence-corrected chi connectivity index (χ1v) is 10.5. The number of carbonyl (C=O) groups is 1. The Balaban J connectivity index is 1.46. The number of nitrogens with one attached hydrogen (secondary N) is 1. The van der Waals surface area contributed by atoms with Crippen molar-refractivity contribution in [3.05, 3.63) is 64.9 Å². The van der Waals surface area contributed by atoms with E-state index in [1.165, 1.54) is 23.4 Å². The number of thiazole rings is 1. The number of carbonyl (C=O) groups excluding carboxylic acids is 1. The Morgan fingerprint density at radius 1 is 1.07 bits per heavy atom. The number of rotatable bonds is 4. The van der Waals surface area contributed by atoms with Gasteiger partial charge in [0.2, 0.25) is 5.91 Å². The van der Waals surface area contributed by atoms with Gasteiger partial charge in [-0.15, -0.1) is 11.3 Å². The predicted octanol–water partition coefficient (Wildman–Crippen LogP) is 4.82. The molecule has 1 aliphatic carbocycles. The number of hydrogen-bond donors (Lipinski definition) is 1. The van der Waals surface area contributed by atoms with Crippen LogP contribution in [0.5, 0.6) is 0 Å². The van der Waals surface area contributed by atoms with Crippen LogP contribution < -0.4 is 5.32 Å². The molecule has 0 saturated carbocycles. The number of anilines is 1. The molecule has 0 unspecified atom stereocenters. The number of halogens is 1. The molecular weight excluding hydrogens is 387 g/mol. The lowest BCUT2D eigenvalue weighted by atomic mass is 10.0. The monoisotopic (exact) mass is 406 g/mol. The standard InChI is InChI=1S/C22H19FN4OS/c23-15-11-9-14(10-12-15)21-24-16-5-1-3-7-18(16)27(21)13-20(28)26-22-25-17-6-2-4-8-19(17)29-22/h1,3,5,7,9-12H,2,4,6,8,13H2,(H,25,26,28). The van der Waals surface area contributed by atoms with Crippen molar-refractivity contribution in [2.75, 3.05) is 5.32 Å². The van der Waals surface area contributed by atoms with E-state index in [9.17, 15) is 9.18 Å². The summed E-state index contributed by atoms with van der Waals surface area (Å²) in [7, 11) is 0. The Kier molecular flexibility index (Phi) is 4.60. The van der Waals surface area contributed by atoms with Gasteiger partial charge in [0.05, 0.1) is 16.7 Å². The van der Waals surface area contributed by atoms with Gasteiger partial charge in [0, 0.05) is 10.4 Å². The van der Waals surface area contributed by atoms with Crippen molar-refractivity contribution in [1.29, 1.82) is 0 Å². The van der Waals surface area contributed by atoms with Gasteiger partial charge in [0.1, 0.15) is 18.2 Å². The molecule has 0 bridgehead atoms. The highest BCUT2D eigenvalue weighted by atomic mass is 32.1. The van der Waals surface area contributed by atoms with Crippen LogP contribution in [0, 0.1) is 5.82 Å². The van der Waals surface area contributed by atoms with Gasteiger partial charge in [0.15, 0.2) is 5.13 Å². The van der Waals surface area contributed by atoms with Crippen molar-refractivity contribution in [3.8, 4) is 11.4 Å². The van der Waals surface area contributed by atoms with Crippen LogP contribution in [0.3, 0.4) is 0 Å². The predicted molar refractivity (Wildman–Crippen MR) is 113 cm³/mol. The van der Waals surface area contributed by atoms with E-state index >= 15 is 0 Å². The van der Waals surface area contributed by atoms with Crippen LogP contribution in [-0.4, -0.2) is 20.4 Å². The molecule has 0 atom stereocenters. The number of amides is 1. The molecule has 0 fully saturated rings. The van der Waals surface area contributed by atoms with Crippen molar-refractivity contribution in [3.63, 3.8) is 0 Å². The molecule has 2 aromatic heterocycles. The summed E-state index contributed by atoms with van der Waals surface area (Å²) < 4.78 is 15.2. The van der Waals surface area contributed by atoms with Crippen LogP contribution in [0.2, 0.25) is 0 Å². The number of imidazole rings is 1. The number of aryl methyl sites for hydroxylation is 2. The van der Waals surface area contributed by atoms with E-state index in [0.29, 0.717) is 11.0 Å². The molecule has 1 amide bonds. The van der Waals surface area contributed by atoms with Crippen LogP contribution in [0.15, 0.2) is 48.5 Å². The first-order chi connectivity index (χ1) is 14.2. The average molecular weight is 406 g/mol. The molecule has 7 heteroatoms. The normalized spacial score (nSPS) is 13.4. The average Bonchev–Trinajstić information content (AvgIpc) is 3.29. The van der Waals surface area contributed by atoms with Gasteiger partial charge in [-0.1, -0.05) is 12.1 Å². The molecule has 0 saturated heterocycles. The molecule has 0 spiro atoms. The lowest BCUT2D eigenvalue weighted by molar-refractivity contribution is -0.116. The third-order valence-corrected chi connectivity index (χ3v) is 6.22. The second-order valence-electron chi connectivity index (χ2n) is 7.16. The van der Waals surface area contributed by atoms with Crippen LogP contribution in [-0.2, 0) is 24.2 Å². The SMILES string of the molecule is O=C(Cn1c(-c2ccc(F)cc2)nc2ccccc21)Nc1nc2c(s1)CCCC2. The first-order valence-electron chi connectivity index (χ1n) is 9.67. The topological polar surface area (TPSA) is 59.8 Å². The molecular formula is C22H19FN4OS. The molecule has 1 aliphatic rings. The summed E-state index contributed by atoms with van der Waals surface area (Å²) in [6.45, 7) is 0.109. The summed E-state index contributed by atoms with van der Waals surface area (Å²) in [6, 6.07) is 13.8. The molecule has 2 aromatic carbocycles. The Morgan fingerprint density at radius 2 is 1.86 bits per heavy atom. The van der Waals surface area contributed by atoms with Gasteiger partial charge in [-0.05, 0) is 62.1 Å². The summed E-state index contributed by atoms with van der Waals surface area (Å²) >= 11 is 1.57. The van der Waals surface area contributed by atoms with Crippen molar-refractivity contribution in [2.45, 2.75) is 32.2 Å². The minimum absolute atomic E-state index is 0.109. The zero-order valence-electron chi connectivity index (χ0n) is 15.7. The number of aromatic nitrogens is 3. The molecule has 0 radical (unpaired) electrons.